The van der Waals surface area contributed by atoms with Gasteiger partial charge in [0.1, 0.15) is 0 Å². The topological polar surface area (TPSA) is 32.3 Å². The van der Waals surface area contributed by atoms with E-state index in [9.17, 15) is 4.79 Å². The van der Waals surface area contributed by atoms with E-state index in [1.165, 1.54) is 42.6 Å². The second-order valence-electron chi connectivity index (χ2n) is 7.91. The number of amides is 1. The van der Waals surface area contributed by atoms with Gasteiger partial charge >= 0.3 is 0 Å². The van der Waals surface area contributed by atoms with Gasteiger partial charge in [-0.1, -0.05) is 43.3 Å². The maximum absolute atomic E-state index is 12.3. The molecule has 0 aromatic heterocycles. The van der Waals surface area contributed by atoms with Crippen LogP contribution in [-0.2, 0) is 12.3 Å². The molecule has 0 bridgehead atoms. The van der Waals surface area contributed by atoms with E-state index in [4.69, 9.17) is 0 Å². The number of rotatable bonds is 8. The highest BCUT2D eigenvalue weighted by molar-refractivity contribution is 7.98. The zero-order chi connectivity index (χ0) is 19.8. The first-order chi connectivity index (χ1) is 13.6. The van der Waals surface area contributed by atoms with E-state index >= 15 is 0 Å². The number of benzene rings is 2. The van der Waals surface area contributed by atoms with Gasteiger partial charge in [0, 0.05) is 36.7 Å². The Labute approximate surface area is 173 Å². The number of thioether (sulfide) groups is 1. The molecule has 1 atom stereocenters. The predicted octanol–water partition coefficient (Wildman–Crippen LogP) is 4.89. The Balaban J connectivity index is 1.38. The van der Waals surface area contributed by atoms with Gasteiger partial charge in [0.05, 0.1) is 0 Å². The molecule has 2 aromatic carbocycles. The van der Waals surface area contributed by atoms with Crippen molar-refractivity contribution < 1.29 is 4.79 Å². The summed E-state index contributed by atoms with van der Waals surface area (Å²) in [5.41, 5.74) is 4.75. The van der Waals surface area contributed by atoms with Crippen molar-refractivity contribution in [3.63, 3.8) is 0 Å². The molecule has 4 heteroatoms. The van der Waals surface area contributed by atoms with Crippen molar-refractivity contribution in [3.05, 3.63) is 70.8 Å². The Morgan fingerprint density at radius 2 is 1.96 bits per heavy atom. The first-order valence-corrected chi connectivity index (χ1v) is 11.5. The highest BCUT2D eigenvalue weighted by Gasteiger charge is 2.16. The van der Waals surface area contributed by atoms with E-state index in [1.54, 1.807) is 0 Å². The zero-order valence-electron chi connectivity index (χ0n) is 17.1. The van der Waals surface area contributed by atoms with Crippen LogP contribution in [0.5, 0.6) is 0 Å². The normalized spacial score (nSPS) is 17.4. The van der Waals surface area contributed by atoms with Gasteiger partial charge < -0.3 is 5.32 Å². The Bertz CT molecular complexity index is 759. The Morgan fingerprint density at radius 3 is 2.71 bits per heavy atom. The number of carbonyl (C=O) groups excluding carboxylic acids is 1. The van der Waals surface area contributed by atoms with Gasteiger partial charge in [0.15, 0.2) is 0 Å². The first-order valence-electron chi connectivity index (χ1n) is 10.3. The van der Waals surface area contributed by atoms with E-state index in [0.29, 0.717) is 6.54 Å². The number of hydrogen-bond acceptors (Lipinski definition) is 3. The lowest BCUT2D eigenvalue weighted by Crippen LogP contribution is -2.33. The number of aryl methyl sites for hydroxylation is 1. The van der Waals surface area contributed by atoms with Crippen LogP contribution in [0, 0.1) is 12.8 Å². The second kappa shape index (κ2) is 10.7. The summed E-state index contributed by atoms with van der Waals surface area (Å²) in [6, 6.07) is 16.6. The summed E-state index contributed by atoms with van der Waals surface area (Å²) in [7, 11) is 0. The average molecular weight is 397 g/mol. The molecule has 0 unspecified atom stereocenters. The van der Waals surface area contributed by atoms with Crippen LogP contribution in [0.25, 0.3) is 0 Å². The summed E-state index contributed by atoms with van der Waals surface area (Å²) in [4.78, 5) is 14.9. The molecule has 0 spiro atoms. The fourth-order valence-electron chi connectivity index (χ4n) is 3.74. The molecule has 1 aliphatic rings. The van der Waals surface area contributed by atoms with Gasteiger partial charge in [0.25, 0.3) is 5.91 Å². The predicted molar refractivity (Wildman–Crippen MR) is 120 cm³/mol. The van der Waals surface area contributed by atoms with E-state index in [0.717, 1.165) is 29.5 Å². The minimum atomic E-state index is 0.0228. The molecule has 1 fully saturated rings. The summed E-state index contributed by atoms with van der Waals surface area (Å²) in [5.74, 6) is 2.73. The molecular weight excluding hydrogens is 364 g/mol. The zero-order valence-corrected chi connectivity index (χ0v) is 17.9. The smallest absolute Gasteiger partial charge is 0.251 e. The van der Waals surface area contributed by atoms with Crippen LogP contribution in [-0.4, -0.2) is 36.2 Å². The van der Waals surface area contributed by atoms with E-state index in [2.05, 4.69) is 60.5 Å². The molecule has 3 nitrogen and oxygen atoms in total. The van der Waals surface area contributed by atoms with E-state index in [1.807, 2.05) is 23.9 Å². The Morgan fingerprint density at radius 1 is 1.18 bits per heavy atom. The van der Waals surface area contributed by atoms with Crippen LogP contribution in [0.4, 0.5) is 0 Å². The average Bonchev–Trinajstić information content (AvgIpc) is 2.69. The van der Waals surface area contributed by atoms with Gasteiger partial charge in [-0.25, -0.2) is 0 Å². The van der Waals surface area contributed by atoms with Gasteiger partial charge in [0.2, 0.25) is 0 Å². The van der Waals surface area contributed by atoms with Crippen LogP contribution in [0.1, 0.15) is 46.8 Å². The number of likely N-dealkylation sites (tertiary alicyclic amines) is 1. The minimum absolute atomic E-state index is 0.0228. The highest BCUT2D eigenvalue weighted by Crippen LogP contribution is 2.18. The van der Waals surface area contributed by atoms with E-state index in [-0.39, 0.29) is 5.91 Å². The van der Waals surface area contributed by atoms with Gasteiger partial charge in [-0.3, -0.25) is 9.69 Å². The van der Waals surface area contributed by atoms with Crippen molar-refractivity contribution in [2.45, 2.75) is 39.0 Å². The fourth-order valence-corrected chi connectivity index (χ4v) is 4.68. The molecule has 1 amide bonds. The number of nitrogens with one attached hydrogen (secondary N) is 1. The van der Waals surface area contributed by atoms with Crippen LogP contribution in [0.15, 0.2) is 48.5 Å². The molecular formula is C24H32N2OS. The number of nitrogens with zero attached hydrogens (tertiary/aromatic N) is 1. The van der Waals surface area contributed by atoms with Crippen LogP contribution in [0.2, 0.25) is 0 Å². The maximum Gasteiger partial charge on any atom is 0.251 e. The van der Waals surface area contributed by atoms with Crippen molar-refractivity contribution in [3.8, 4) is 0 Å². The monoisotopic (exact) mass is 396 g/mol. The molecule has 1 saturated heterocycles. The first kappa shape index (κ1) is 20.9. The fraction of sp³-hybridized carbons (Fsp3) is 0.458. The quantitative estimate of drug-likeness (QED) is 0.645. The SMILES string of the molecule is Cc1ccccc1CSCCNC(=O)c1ccc(CN2CCC[C@H](C)C2)cc1. The summed E-state index contributed by atoms with van der Waals surface area (Å²) >= 11 is 1.86. The standard InChI is InChI=1S/C24H32N2OS/c1-19-6-5-14-26(16-19)17-21-9-11-22(12-10-21)24(27)25-13-15-28-18-23-8-4-3-7-20(23)2/h3-4,7-12,19H,5-6,13-18H2,1-2H3,(H,25,27)/t19-/m0/s1. The van der Waals surface area contributed by atoms with Crippen molar-refractivity contribution in [2.75, 3.05) is 25.4 Å². The lowest BCUT2D eigenvalue weighted by Gasteiger charge is -2.30. The third kappa shape index (κ3) is 6.39. The van der Waals surface area contributed by atoms with Crippen LogP contribution < -0.4 is 5.32 Å². The van der Waals surface area contributed by atoms with Crippen molar-refractivity contribution in [1.29, 1.82) is 0 Å². The summed E-state index contributed by atoms with van der Waals surface area (Å²) in [6.07, 6.45) is 2.64. The molecule has 0 aliphatic carbocycles. The van der Waals surface area contributed by atoms with Gasteiger partial charge in [-0.2, -0.15) is 11.8 Å². The number of hydrogen-bond donors (Lipinski definition) is 1. The van der Waals surface area contributed by atoms with Gasteiger partial charge in [-0.05, 0) is 61.1 Å². The molecule has 150 valence electrons. The van der Waals surface area contributed by atoms with Crippen LogP contribution >= 0.6 is 11.8 Å². The molecule has 1 N–H and O–H groups in total. The molecule has 2 aromatic rings. The van der Waals surface area contributed by atoms with Crippen molar-refractivity contribution in [1.82, 2.24) is 10.2 Å². The maximum atomic E-state index is 12.3. The highest BCUT2D eigenvalue weighted by atomic mass is 32.2. The minimum Gasteiger partial charge on any atom is -0.351 e. The summed E-state index contributed by atoms with van der Waals surface area (Å²) in [6.45, 7) is 8.53. The lowest BCUT2D eigenvalue weighted by molar-refractivity contribution is 0.0956. The molecule has 3 rings (SSSR count). The Kier molecular flexibility index (Phi) is 7.99. The van der Waals surface area contributed by atoms with Crippen molar-refractivity contribution in [2.24, 2.45) is 5.92 Å². The molecule has 0 saturated carbocycles. The Hall–Kier alpha value is -1.78. The molecule has 1 aliphatic heterocycles. The second-order valence-corrected chi connectivity index (χ2v) is 9.02. The number of piperidine rings is 1. The summed E-state index contributed by atoms with van der Waals surface area (Å²) < 4.78 is 0. The van der Waals surface area contributed by atoms with Crippen molar-refractivity contribution >= 4 is 17.7 Å². The van der Waals surface area contributed by atoms with Gasteiger partial charge in [-0.15, -0.1) is 0 Å². The molecule has 0 radical (unpaired) electrons. The molecule has 28 heavy (non-hydrogen) atoms. The van der Waals surface area contributed by atoms with Crippen LogP contribution in [0.3, 0.4) is 0 Å². The third-order valence-corrected chi connectivity index (χ3v) is 6.42. The number of carbonyl (C=O) groups is 1. The summed E-state index contributed by atoms with van der Waals surface area (Å²) in [5, 5.41) is 3.04. The molecule has 1 heterocycles. The van der Waals surface area contributed by atoms with E-state index < -0.39 is 0 Å². The largest absolute Gasteiger partial charge is 0.351 e. The lowest BCUT2D eigenvalue weighted by atomic mass is 9.99. The third-order valence-electron chi connectivity index (χ3n) is 5.41.